The predicted octanol–water partition coefficient (Wildman–Crippen LogP) is 13.9. The molecule has 62 heavy (non-hydrogen) atoms. The molecule has 0 aromatic rings. The zero-order chi connectivity index (χ0) is 45.7. The summed E-state index contributed by atoms with van der Waals surface area (Å²) in [5.74, 6) is -0.230. The van der Waals surface area contributed by atoms with Gasteiger partial charge in [-0.3, -0.25) is 13.8 Å². The molecule has 8 nitrogen and oxygen atoms in total. The second-order valence-corrected chi connectivity index (χ2v) is 18.2. The molecule has 1 amide bonds. The Labute approximate surface area is 380 Å². The van der Waals surface area contributed by atoms with Crippen molar-refractivity contribution in [1.29, 1.82) is 0 Å². The lowest BCUT2D eigenvalue weighted by molar-refractivity contribution is -0.870. The van der Waals surface area contributed by atoms with Crippen molar-refractivity contribution < 1.29 is 32.9 Å². The second-order valence-electron chi connectivity index (χ2n) is 16.7. The minimum Gasteiger partial charge on any atom is -0.387 e. The van der Waals surface area contributed by atoms with Gasteiger partial charge >= 0.3 is 7.82 Å². The van der Waals surface area contributed by atoms with Gasteiger partial charge in [0.15, 0.2) is 0 Å². The number of aliphatic hydroxyl groups is 1. The van der Waals surface area contributed by atoms with E-state index in [9.17, 15) is 19.4 Å². The Kier molecular flexibility index (Phi) is 41.0. The van der Waals surface area contributed by atoms with Gasteiger partial charge in [-0.1, -0.05) is 167 Å². The standard InChI is InChI=1S/C53H89N2O6P/c1-6-8-10-12-14-16-18-20-22-23-24-25-26-27-28-29-30-31-33-35-37-39-41-43-45-47-53(57)54-51(50-61-62(58,59)60-49-48-55(3,4)5)52(56)46-44-42-40-38-36-34-32-21-19-17-15-13-11-9-7-2/h8,10,14,16,19-22,24-25,27-28,30-31,35-38,44,46,51-52,56H,6-7,9,11-13,15,17-18,23,26,29,32-34,39-43,45,47-50H2,1-5H3,(H-,54,57,58,59)/p+1/b10-8-,16-14-,21-19+,22-20-,25-24-,28-27-,31-30-,37-35-,38-36+,46-44+. The Hall–Kier alpha value is -3.10. The van der Waals surface area contributed by atoms with Crippen LogP contribution in [-0.4, -0.2) is 73.4 Å². The highest BCUT2D eigenvalue weighted by Crippen LogP contribution is 2.43. The number of aliphatic hydroxyl groups excluding tert-OH is 1. The molecule has 0 radical (unpaired) electrons. The van der Waals surface area contributed by atoms with Crippen molar-refractivity contribution in [3.8, 4) is 0 Å². The fourth-order valence-corrected chi connectivity index (χ4v) is 6.61. The molecule has 0 aromatic heterocycles. The first-order valence-corrected chi connectivity index (χ1v) is 25.4. The lowest BCUT2D eigenvalue weighted by atomic mass is 10.1. The van der Waals surface area contributed by atoms with Crippen molar-refractivity contribution in [1.82, 2.24) is 5.32 Å². The van der Waals surface area contributed by atoms with Crippen molar-refractivity contribution in [2.45, 2.75) is 167 Å². The van der Waals surface area contributed by atoms with Crippen LogP contribution in [0.5, 0.6) is 0 Å². The first-order valence-electron chi connectivity index (χ1n) is 23.9. The third kappa shape index (κ3) is 44.9. The highest BCUT2D eigenvalue weighted by atomic mass is 31.2. The topological polar surface area (TPSA) is 105 Å². The van der Waals surface area contributed by atoms with E-state index in [0.717, 1.165) is 96.3 Å². The minimum atomic E-state index is -4.37. The van der Waals surface area contributed by atoms with Crippen LogP contribution in [0.4, 0.5) is 0 Å². The van der Waals surface area contributed by atoms with Gasteiger partial charge in [-0.25, -0.2) is 4.57 Å². The lowest BCUT2D eigenvalue weighted by Crippen LogP contribution is -2.45. The first kappa shape index (κ1) is 58.9. The van der Waals surface area contributed by atoms with Crippen LogP contribution in [0.2, 0.25) is 0 Å². The number of nitrogens with one attached hydrogen (secondary N) is 1. The van der Waals surface area contributed by atoms with E-state index in [1.165, 1.54) is 32.1 Å². The van der Waals surface area contributed by atoms with Crippen LogP contribution in [-0.2, 0) is 18.4 Å². The Balaban J connectivity index is 4.51. The summed E-state index contributed by atoms with van der Waals surface area (Å²) in [4.78, 5) is 23.2. The van der Waals surface area contributed by atoms with Crippen LogP contribution in [0, 0.1) is 0 Å². The molecule has 0 fully saturated rings. The van der Waals surface area contributed by atoms with E-state index in [4.69, 9.17) is 9.05 Å². The largest absolute Gasteiger partial charge is 0.472 e. The van der Waals surface area contributed by atoms with Gasteiger partial charge in [-0.2, -0.15) is 0 Å². The molecule has 0 aliphatic carbocycles. The van der Waals surface area contributed by atoms with Gasteiger partial charge in [0.2, 0.25) is 5.91 Å². The van der Waals surface area contributed by atoms with Gasteiger partial charge in [-0.15, -0.1) is 0 Å². The zero-order valence-corrected chi connectivity index (χ0v) is 40.7. The van der Waals surface area contributed by atoms with Gasteiger partial charge in [0.25, 0.3) is 0 Å². The van der Waals surface area contributed by atoms with Crippen LogP contribution in [0.3, 0.4) is 0 Å². The van der Waals surface area contributed by atoms with E-state index in [-0.39, 0.29) is 19.1 Å². The summed E-state index contributed by atoms with van der Waals surface area (Å²) >= 11 is 0. The van der Waals surface area contributed by atoms with Gasteiger partial charge in [0, 0.05) is 6.42 Å². The molecular weight excluding hydrogens is 792 g/mol. The molecule has 3 unspecified atom stereocenters. The SMILES string of the molecule is CC/C=C\C/C=C\C/C=C\C/C=C\C/C=C\C/C=C\C/C=C\CCCCCC(=O)NC(COP(=O)(O)OCC[N+](C)(C)C)C(O)/C=C/CC/C=C/CC/C=C/CCCCCCC. The van der Waals surface area contributed by atoms with Crippen molar-refractivity contribution in [3.63, 3.8) is 0 Å². The number of carbonyl (C=O) groups excluding carboxylic acids is 1. The Morgan fingerprint density at radius 1 is 0.565 bits per heavy atom. The highest BCUT2D eigenvalue weighted by molar-refractivity contribution is 7.47. The summed E-state index contributed by atoms with van der Waals surface area (Å²) in [5.41, 5.74) is 0. The van der Waals surface area contributed by atoms with Crippen LogP contribution in [0.25, 0.3) is 0 Å². The van der Waals surface area contributed by atoms with Crippen LogP contribution >= 0.6 is 7.82 Å². The first-order chi connectivity index (χ1) is 30.0. The van der Waals surface area contributed by atoms with E-state index >= 15 is 0 Å². The van der Waals surface area contributed by atoms with E-state index < -0.39 is 20.0 Å². The Morgan fingerprint density at radius 2 is 0.984 bits per heavy atom. The van der Waals surface area contributed by atoms with E-state index in [0.29, 0.717) is 23.9 Å². The molecule has 0 rings (SSSR count). The number of phosphoric ester groups is 1. The normalized spacial score (nSPS) is 15.3. The highest BCUT2D eigenvalue weighted by Gasteiger charge is 2.27. The maximum atomic E-state index is 12.9. The predicted molar refractivity (Wildman–Crippen MR) is 267 cm³/mol. The number of likely N-dealkylation sites (N-methyl/N-ethyl adjacent to an activating group) is 1. The number of carbonyl (C=O) groups is 1. The summed E-state index contributed by atoms with van der Waals surface area (Å²) in [6.07, 6.45) is 64.2. The van der Waals surface area contributed by atoms with E-state index in [1.54, 1.807) is 6.08 Å². The smallest absolute Gasteiger partial charge is 0.387 e. The van der Waals surface area contributed by atoms with E-state index in [1.807, 2.05) is 27.2 Å². The second kappa shape index (κ2) is 43.2. The zero-order valence-electron chi connectivity index (χ0n) is 39.8. The summed E-state index contributed by atoms with van der Waals surface area (Å²) in [6, 6.07) is -0.896. The monoisotopic (exact) mass is 882 g/mol. The van der Waals surface area contributed by atoms with Gasteiger partial charge < -0.3 is 19.8 Å². The third-order valence-corrected chi connectivity index (χ3v) is 10.6. The number of hydrogen-bond acceptors (Lipinski definition) is 5. The average Bonchev–Trinajstić information content (AvgIpc) is 3.23. The minimum absolute atomic E-state index is 0.0391. The summed E-state index contributed by atoms with van der Waals surface area (Å²) in [7, 11) is 1.50. The molecule has 9 heteroatoms. The van der Waals surface area contributed by atoms with Crippen LogP contribution < -0.4 is 5.32 Å². The van der Waals surface area contributed by atoms with Crippen molar-refractivity contribution >= 4 is 13.7 Å². The van der Waals surface area contributed by atoms with Gasteiger partial charge in [0.1, 0.15) is 13.2 Å². The number of amides is 1. The lowest BCUT2D eigenvalue weighted by Gasteiger charge is -2.25. The number of rotatable bonds is 41. The maximum absolute atomic E-state index is 12.9. The van der Waals surface area contributed by atoms with Gasteiger partial charge in [-0.05, 0) is 103 Å². The fourth-order valence-electron chi connectivity index (χ4n) is 5.87. The molecule has 0 heterocycles. The quantitative estimate of drug-likeness (QED) is 0.0244. The van der Waals surface area contributed by atoms with E-state index in [2.05, 4.69) is 129 Å². The molecule has 352 valence electrons. The summed E-state index contributed by atoms with van der Waals surface area (Å²) in [5, 5.41) is 13.8. The van der Waals surface area contributed by atoms with Crippen LogP contribution in [0.15, 0.2) is 122 Å². The molecule has 3 N–H and O–H groups in total. The van der Waals surface area contributed by atoms with Crippen molar-refractivity contribution in [2.24, 2.45) is 0 Å². The summed E-state index contributed by atoms with van der Waals surface area (Å²) < 4.78 is 23.5. The van der Waals surface area contributed by atoms with Crippen LogP contribution in [0.1, 0.15) is 155 Å². The molecule has 0 saturated carbocycles. The van der Waals surface area contributed by atoms with Crippen molar-refractivity contribution in [2.75, 3.05) is 40.9 Å². The molecule has 0 bridgehead atoms. The molecule has 0 saturated heterocycles. The number of nitrogens with zero attached hydrogens (tertiary/aromatic N) is 1. The number of allylic oxidation sites excluding steroid dienone is 19. The maximum Gasteiger partial charge on any atom is 0.472 e. The fraction of sp³-hybridized carbons (Fsp3) is 0.604. The number of phosphoric acid groups is 1. The number of quaternary nitrogens is 1. The summed E-state index contributed by atoms with van der Waals surface area (Å²) in [6.45, 7) is 4.59. The molecule has 0 spiro atoms. The van der Waals surface area contributed by atoms with Crippen molar-refractivity contribution in [3.05, 3.63) is 122 Å². The molecular formula is C53H90N2O6P+. The molecule has 0 aromatic carbocycles. The molecule has 0 aliphatic heterocycles. The number of unbranched alkanes of at least 4 members (excludes halogenated alkanes) is 10. The molecule has 0 aliphatic rings. The number of hydrogen-bond donors (Lipinski definition) is 3. The molecule has 3 atom stereocenters. The third-order valence-electron chi connectivity index (χ3n) is 9.64. The Morgan fingerprint density at radius 3 is 1.47 bits per heavy atom. The van der Waals surface area contributed by atoms with Gasteiger partial charge in [0.05, 0.1) is 39.9 Å². The Bertz CT molecular complexity index is 1410. The average molecular weight is 882 g/mol.